The number of aliphatic hydroxyl groups excluding tert-OH is 2. The zero-order valence-electron chi connectivity index (χ0n) is 22.6. The maximum atomic E-state index is 13.8. The van der Waals surface area contributed by atoms with Crippen LogP contribution in [0.1, 0.15) is 39.0 Å². The van der Waals surface area contributed by atoms with Gasteiger partial charge in [-0.05, 0) is 62.5 Å². The van der Waals surface area contributed by atoms with Crippen molar-refractivity contribution < 1.29 is 34.8 Å². The van der Waals surface area contributed by atoms with Crippen molar-refractivity contribution in [3.63, 3.8) is 0 Å². The Hall–Kier alpha value is -3.99. The number of hydrogen-bond acceptors (Lipinski definition) is 9. The summed E-state index contributed by atoms with van der Waals surface area (Å²) in [7, 11) is 3.20. The Morgan fingerprint density at radius 3 is 2.38 bits per heavy atom. The predicted octanol–water partition coefficient (Wildman–Crippen LogP) is 1.72. The van der Waals surface area contributed by atoms with Crippen molar-refractivity contribution in [3.8, 4) is 5.75 Å². The van der Waals surface area contributed by atoms with Gasteiger partial charge in [0.1, 0.15) is 22.8 Å². The van der Waals surface area contributed by atoms with Crippen LogP contribution in [0, 0.1) is 18.8 Å². The number of ketones is 2. The van der Waals surface area contributed by atoms with Crippen LogP contribution in [0.3, 0.4) is 0 Å². The molecule has 0 aliphatic heterocycles. The lowest BCUT2D eigenvalue weighted by molar-refractivity contribution is -0.148. The van der Waals surface area contributed by atoms with E-state index in [4.69, 9.17) is 5.73 Å². The van der Waals surface area contributed by atoms with Gasteiger partial charge in [0.25, 0.3) is 5.91 Å². The fraction of sp³-hybridized carbons (Fsp3) is 0.367. The first-order valence-corrected chi connectivity index (χ1v) is 13.1. The number of likely N-dealkylation sites (N-methyl/N-ethyl adjacent to an activating group) is 1. The van der Waals surface area contributed by atoms with Gasteiger partial charge in [-0.2, -0.15) is 0 Å². The molecule has 210 valence electrons. The smallest absolute Gasteiger partial charge is 0.255 e. The molecule has 40 heavy (non-hydrogen) atoms. The summed E-state index contributed by atoms with van der Waals surface area (Å²) < 4.78 is 0. The molecule has 3 aliphatic carbocycles. The average molecular weight is 548 g/mol. The molecule has 0 heterocycles. The number of hydrogen-bond donors (Lipinski definition) is 6. The number of benzene rings is 2. The average Bonchev–Trinajstić information content (AvgIpc) is 2.88. The summed E-state index contributed by atoms with van der Waals surface area (Å²) in [4.78, 5) is 40.8. The molecule has 10 nitrogen and oxygen atoms in total. The summed E-state index contributed by atoms with van der Waals surface area (Å²) in [6.45, 7) is 3.02. The van der Waals surface area contributed by atoms with E-state index >= 15 is 0 Å². The van der Waals surface area contributed by atoms with Crippen molar-refractivity contribution in [2.45, 2.75) is 44.5 Å². The molecule has 0 fully saturated rings. The van der Waals surface area contributed by atoms with Crippen molar-refractivity contribution >= 4 is 17.5 Å². The van der Waals surface area contributed by atoms with E-state index in [-0.39, 0.29) is 29.7 Å². The van der Waals surface area contributed by atoms with Gasteiger partial charge in [0.2, 0.25) is 5.78 Å². The summed E-state index contributed by atoms with van der Waals surface area (Å²) in [5.74, 6) is -6.58. The van der Waals surface area contributed by atoms with Gasteiger partial charge in [-0.3, -0.25) is 19.3 Å². The zero-order valence-corrected chi connectivity index (χ0v) is 22.6. The SMILES string of the molecule is Cc1ccc(CNCc2ccc(O)c3c2CC2CC4C(N(C)C)C(O)=C(C(N)=O)C(=O)C4(O)C(O)=C2C3=O)cc1. The summed E-state index contributed by atoms with van der Waals surface area (Å²) in [6, 6.07) is 10.3. The minimum absolute atomic E-state index is 0.00965. The molecule has 0 saturated carbocycles. The first-order valence-electron chi connectivity index (χ1n) is 13.1. The van der Waals surface area contributed by atoms with Crippen molar-refractivity contribution in [1.82, 2.24) is 10.2 Å². The first-order chi connectivity index (χ1) is 18.9. The third-order valence-corrected chi connectivity index (χ3v) is 8.47. The summed E-state index contributed by atoms with van der Waals surface area (Å²) in [5, 5.41) is 48.0. The molecule has 2 aromatic carbocycles. The monoisotopic (exact) mass is 547 g/mol. The van der Waals surface area contributed by atoms with Crippen LogP contribution < -0.4 is 11.1 Å². The Kier molecular flexibility index (Phi) is 6.81. The maximum Gasteiger partial charge on any atom is 0.255 e. The van der Waals surface area contributed by atoms with Gasteiger partial charge in [0.15, 0.2) is 11.4 Å². The topological polar surface area (TPSA) is 173 Å². The van der Waals surface area contributed by atoms with Gasteiger partial charge in [-0.15, -0.1) is 0 Å². The molecule has 0 bridgehead atoms. The molecule has 0 aromatic heterocycles. The van der Waals surface area contributed by atoms with Gasteiger partial charge < -0.3 is 31.5 Å². The van der Waals surface area contributed by atoms with E-state index in [0.29, 0.717) is 18.7 Å². The fourth-order valence-electron chi connectivity index (χ4n) is 6.53. The number of fused-ring (bicyclic) bond motifs is 3. The third-order valence-electron chi connectivity index (χ3n) is 8.47. The number of phenolic OH excluding ortho intramolecular Hbond substituents is 1. The largest absolute Gasteiger partial charge is 0.510 e. The lowest BCUT2D eigenvalue weighted by Crippen LogP contribution is -2.63. The Morgan fingerprint density at radius 1 is 1.07 bits per heavy atom. The van der Waals surface area contributed by atoms with Crippen molar-refractivity contribution in [2.75, 3.05) is 14.1 Å². The zero-order chi connectivity index (χ0) is 29.1. The number of primary amides is 1. The molecule has 0 spiro atoms. The van der Waals surface area contributed by atoms with E-state index in [0.717, 1.165) is 16.7 Å². The number of allylic oxidation sites excluding steroid dienone is 1. The molecule has 5 rings (SSSR count). The van der Waals surface area contributed by atoms with Gasteiger partial charge in [0, 0.05) is 24.6 Å². The Balaban J connectivity index is 1.54. The molecule has 2 aromatic rings. The first kappa shape index (κ1) is 27.6. The second kappa shape index (κ2) is 9.88. The van der Waals surface area contributed by atoms with Crippen LogP contribution in [0.15, 0.2) is 59.1 Å². The van der Waals surface area contributed by atoms with Crippen molar-refractivity contribution in [2.24, 2.45) is 17.6 Å². The number of Topliss-reactive ketones (excluding diaryl/α,β-unsaturated/α-hetero) is 2. The quantitative estimate of drug-likeness (QED) is 0.294. The van der Waals surface area contributed by atoms with E-state index < -0.39 is 58.0 Å². The van der Waals surface area contributed by atoms with Crippen molar-refractivity contribution in [1.29, 1.82) is 0 Å². The Labute approximate surface area is 231 Å². The summed E-state index contributed by atoms with van der Waals surface area (Å²) >= 11 is 0. The van der Waals surface area contributed by atoms with E-state index in [1.54, 1.807) is 20.2 Å². The Morgan fingerprint density at radius 2 is 1.75 bits per heavy atom. The number of carbonyl (C=O) groups excluding carboxylic acids is 3. The van der Waals surface area contributed by atoms with E-state index in [1.165, 1.54) is 11.0 Å². The Bertz CT molecular complexity index is 1490. The second-order valence-corrected chi connectivity index (χ2v) is 11.1. The number of aliphatic hydroxyl groups is 3. The van der Waals surface area contributed by atoms with Gasteiger partial charge in [-0.1, -0.05) is 35.9 Å². The maximum absolute atomic E-state index is 13.8. The number of carbonyl (C=O) groups is 3. The van der Waals surface area contributed by atoms with Crippen LogP contribution in [-0.4, -0.2) is 68.5 Å². The van der Waals surface area contributed by atoms with Crippen LogP contribution in [-0.2, 0) is 29.1 Å². The molecule has 4 atom stereocenters. The van der Waals surface area contributed by atoms with Crippen molar-refractivity contribution in [3.05, 3.63) is 86.9 Å². The number of nitrogens with zero attached hydrogens (tertiary/aromatic N) is 1. The van der Waals surface area contributed by atoms with Crippen LogP contribution in [0.2, 0.25) is 0 Å². The number of rotatable bonds is 6. The highest BCUT2D eigenvalue weighted by molar-refractivity contribution is 6.24. The van der Waals surface area contributed by atoms with Gasteiger partial charge in [-0.25, -0.2) is 0 Å². The number of phenols is 1. The molecule has 3 aliphatic rings. The van der Waals surface area contributed by atoms with Crippen LogP contribution in [0.5, 0.6) is 5.75 Å². The summed E-state index contributed by atoms with van der Waals surface area (Å²) in [5.41, 5.74) is 5.42. The minimum Gasteiger partial charge on any atom is -0.510 e. The summed E-state index contributed by atoms with van der Waals surface area (Å²) in [6.07, 6.45) is 0.308. The fourth-order valence-corrected chi connectivity index (χ4v) is 6.53. The third kappa shape index (κ3) is 4.11. The number of aryl methyl sites for hydroxylation is 1. The highest BCUT2D eigenvalue weighted by Gasteiger charge is 2.63. The molecular formula is C30H33N3O7. The number of aromatic hydroxyl groups is 1. The molecular weight excluding hydrogens is 514 g/mol. The molecule has 10 heteroatoms. The highest BCUT2D eigenvalue weighted by Crippen LogP contribution is 2.52. The van der Waals surface area contributed by atoms with Crippen LogP contribution in [0.4, 0.5) is 0 Å². The molecule has 0 saturated heterocycles. The lowest BCUT2D eigenvalue weighted by atomic mass is 9.58. The number of nitrogens with two attached hydrogens (primary N) is 1. The van der Waals surface area contributed by atoms with Crippen LogP contribution in [0.25, 0.3) is 0 Å². The van der Waals surface area contributed by atoms with Crippen LogP contribution >= 0.6 is 0 Å². The standard InChI is InChI=1S/C30H33N3O7/c1-14-4-6-15(7-5-14)12-32-13-16-8-9-20(34)22-18(16)10-17-11-19-24(33(2)3)26(36)23(29(31)39)28(38)30(19,40)27(37)21(17)25(22)35/h4-9,17,19,24,32,34,36-37,40H,10-13H2,1-3H3,(H2,31,39). The van der Waals surface area contributed by atoms with E-state index in [9.17, 15) is 34.8 Å². The number of amides is 1. The van der Waals surface area contributed by atoms with Gasteiger partial charge in [0.05, 0.1) is 11.6 Å². The normalized spacial score (nSPS) is 26.1. The minimum atomic E-state index is -2.65. The molecule has 7 N–H and O–H groups in total. The second-order valence-electron chi connectivity index (χ2n) is 11.1. The predicted molar refractivity (Wildman–Crippen MR) is 145 cm³/mol. The molecule has 4 unspecified atom stereocenters. The van der Waals surface area contributed by atoms with Gasteiger partial charge >= 0.3 is 0 Å². The molecule has 1 amide bonds. The lowest BCUT2D eigenvalue weighted by Gasteiger charge is -2.50. The van der Waals surface area contributed by atoms with E-state index in [2.05, 4.69) is 5.32 Å². The van der Waals surface area contributed by atoms with E-state index in [1.807, 2.05) is 31.2 Å². The molecule has 0 radical (unpaired) electrons. The number of nitrogens with one attached hydrogen (secondary N) is 1. The highest BCUT2D eigenvalue weighted by atomic mass is 16.3.